The summed E-state index contributed by atoms with van der Waals surface area (Å²) in [6, 6.07) is 50.2. The van der Waals surface area contributed by atoms with Crippen molar-refractivity contribution in [3.05, 3.63) is 167 Å². The highest BCUT2D eigenvalue weighted by Crippen LogP contribution is 2.15. The first-order chi connectivity index (χ1) is 18.1. The SMILES string of the molecule is O=[N+]([O-])c1ccc(C[SH2+])cc1.c1ccc(C[B-](c2ccccc2)(c2ccccc2)c2ccccc2)cc1. The summed E-state index contributed by atoms with van der Waals surface area (Å²) in [5.74, 6) is 0.720. The molecule has 0 fully saturated rings. The molecular weight excluding hydrogens is 473 g/mol. The molecule has 0 aliphatic rings. The predicted molar refractivity (Wildman–Crippen MR) is 161 cm³/mol. The normalized spacial score (nSPS) is 10.7. The molecule has 0 atom stereocenters. The summed E-state index contributed by atoms with van der Waals surface area (Å²) in [6.07, 6.45) is -0.109. The molecule has 5 aromatic carbocycles. The fourth-order valence-corrected chi connectivity index (χ4v) is 5.21. The van der Waals surface area contributed by atoms with Gasteiger partial charge in [-0.25, -0.2) is 0 Å². The van der Waals surface area contributed by atoms with Crippen molar-refractivity contribution >= 4 is 40.9 Å². The van der Waals surface area contributed by atoms with Crippen LogP contribution in [0.25, 0.3) is 0 Å². The fraction of sp³-hybridized carbons (Fsp3) is 0.0625. The first kappa shape index (κ1) is 26.0. The Morgan fingerprint density at radius 1 is 0.541 bits per heavy atom. The number of rotatable bonds is 7. The number of nitro benzene ring substituents is 1. The Morgan fingerprint density at radius 2 is 0.919 bits per heavy atom. The smallest absolute Gasteiger partial charge is 0.258 e. The average molecular weight is 503 g/mol. The van der Waals surface area contributed by atoms with E-state index in [4.69, 9.17) is 0 Å². The lowest BCUT2D eigenvalue weighted by Gasteiger charge is -2.43. The van der Waals surface area contributed by atoms with Gasteiger partial charge in [0.15, 0.2) is 0 Å². The zero-order valence-corrected chi connectivity index (χ0v) is 21.6. The lowest BCUT2D eigenvalue weighted by Crippen LogP contribution is -2.68. The van der Waals surface area contributed by atoms with Crippen LogP contribution >= 0.6 is 0 Å². The Bertz CT molecular complexity index is 1280. The molecule has 0 bridgehead atoms. The van der Waals surface area contributed by atoms with Gasteiger partial charge in [0.05, 0.1) is 11.1 Å². The third-order valence-corrected chi connectivity index (χ3v) is 7.25. The Morgan fingerprint density at radius 3 is 1.27 bits per heavy atom. The second-order valence-corrected chi connectivity index (χ2v) is 9.42. The molecule has 0 heterocycles. The molecule has 0 aromatic heterocycles. The molecule has 5 rings (SSSR count). The number of non-ortho nitro benzene ring substituents is 1. The molecule has 3 nitrogen and oxygen atoms in total. The van der Waals surface area contributed by atoms with Gasteiger partial charge in [-0.3, -0.25) is 10.1 Å². The summed E-state index contributed by atoms with van der Waals surface area (Å²) in [4.78, 5) is 9.79. The molecule has 0 spiro atoms. The van der Waals surface area contributed by atoms with Crippen molar-refractivity contribution in [3.63, 3.8) is 0 Å². The van der Waals surface area contributed by atoms with E-state index in [2.05, 4.69) is 134 Å². The molecule has 0 amide bonds. The van der Waals surface area contributed by atoms with E-state index < -0.39 is 11.1 Å². The third kappa shape index (κ3) is 6.38. The minimum Gasteiger partial charge on any atom is -0.258 e. The standard InChI is InChI=1S/C25H22B.C7H7NO2S/c1-5-13-22(14-6-1)21-26(23-15-7-2-8-16-23,24-17-9-3-10-18-24)25-19-11-4-12-20-25;9-8(10)7-3-1-6(5-11)2-4-7/h1-20H,21H2;1-4,11H,5H2/q-1;/p+1. The van der Waals surface area contributed by atoms with Gasteiger partial charge in [-0.1, -0.05) is 127 Å². The summed E-state index contributed by atoms with van der Waals surface area (Å²) in [5.41, 5.74) is 6.68. The third-order valence-electron chi connectivity index (χ3n) is 6.84. The second kappa shape index (κ2) is 12.7. The topological polar surface area (TPSA) is 43.1 Å². The van der Waals surface area contributed by atoms with E-state index in [1.165, 1.54) is 34.1 Å². The Hall–Kier alpha value is -4.09. The molecule has 0 saturated heterocycles. The van der Waals surface area contributed by atoms with E-state index in [0.717, 1.165) is 17.6 Å². The number of hydrogen-bond donors (Lipinski definition) is 0. The van der Waals surface area contributed by atoms with Gasteiger partial charge in [0.25, 0.3) is 5.69 Å². The van der Waals surface area contributed by atoms with Gasteiger partial charge in [0.2, 0.25) is 0 Å². The first-order valence-corrected chi connectivity index (χ1v) is 13.1. The molecule has 0 saturated carbocycles. The van der Waals surface area contributed by atoms with Crippen molar-refractivity contribution in [2.75, 3.05) is 0 Å². The maximum atomic E-state index is 10.2. The molecule has 37 heavy (non-hydrogen) atoms. The van der Waals surface area contributed by atoms with E-state index >= 15 is 0 Å². The summed E-state index contributed by atoms with van der Waals surface area (Å²) >= 11 is 3.29. The number of nitro groups is 1. The van der Waals surface area contributed by atoms with Gasteiger partial charge in [0, 0.05) is 17.7 Å². The van der Waals surface area contributed by atoms with Gasteiger partial charge in [-0.15, -0.1) is 6.32 Å². The quantitative estimate of drug-likeness (QED) is 0.135. The highest BCUT2D eigenvalue weighted by molar-refractivity contribution is 7.57. The molecule has 0 aliphatic heterocycles. The molecule has 0 aliphatic carbocycles. The summed E-state index contributed by atoms with van der Waals surface area (Å²) in [5, 5.41) is 10.2. The average Bonchev–Trinajstić information content (AvgIpc) is 2.98. The highest BCUT2D eigenvalue weighted by Gasteiger charge is 2.29. The Balaban J connectivity index is 0.000000245. The van der Waals surface area contributed by atoms with Crippen LogP contribution in [0, 0.1) is 10.1 Å². The molecule has 184 valence electrons. The predicted octanol–water partition coefficient (Wildman–Crippen LogP) is 5.05. The van der Waals surface area contributed by atoms with E-state index in [9.17, 15) is 10.1 Å². The lowest BCUT2D eigenvalue weighted by atomic mass is 9.14. The van der Waals surface area contributed by atoms with Crippen LogP contribution in [0.5, 0.6) is 0 Å². The Kier molecular flexibility index (Phi) is 8.96. The van der Waals surface area contributed by atoms with E-state index in [0.29, 0.717) is 0 Å². The fourth-order valence-electron chi connectivity index (χ4n) is 4.98. The van der Waals surface area contributed by atoms with Crippen molar-refractivity contribution in [1.82, 2.24) is 0 Å². The summed E-state index contributed by atoms with van der Waals surface area (Å²) in [7, 11) is 0. The monoisotopic (exact) mass is 503 g/mol. The van der Waals surface area contributed by atoms with Gasteiger partial charge in [0.1, 0.15) is 5.75 Å². The van der Waals surface area contributed by atoms with E-state index in [1.807, 2.05) is 0 Å². The molecule has 5 aromatic rings. The number of hydrogen-bond acceptors (Lipinski definition) is 2. The van der Waals surface area contributed by atoms with Crippen LogP contribution < -0.4 is 16.4 Å². The number of benzene rings is 5. The molecule has 0 unspecified atom stereocenters. The van der Waals surface area contributed by atoms with Gasteiger partial charge in [-0.05, 0) is 24.8 Å². The molecular formula is C32H30BNO2S. The van der Waals surface area contributed by atoms with Gasteiger partial charge >= 0.3 is 0 Å². The molecule has 0 radical (unpaired) electrons. The van der Waals surface area contributed by atoms with Crippen LogP contribution in [0.15, 0.2) is 146 Å². The van der Waals surface area contributed by atoms with Crippen molar-refractivity contribution in [2.45, 2.75) is 12.1 Å². The van der Waals surface area contributed by atoms with Crippen molar-refractivity contribution in [2.24, 2.45) is 0 Å². The lowest BCUT2D eigenvalue weighted by molar-refractivity contribution is -0.384. The van der Waals surface area contributed by atoms with Crippen LogP contribution in [0.2, 0.25) is 0 Å². The van der Waals surface area contributed by atoms with Crippen LogP contribution in [0.4, 0.5) is 5.69 Å². The zero-order chi connectivity index (χ0) is 25.9. The maximum Gasteiger partial charge on any atom is 0.269 e. The van der Waals surface area contributed by atoms with Crippen molar-refractivity contribution in [3.8, 4) is 0 Å². The van der Waals surface area contributed by atoms with Crippen LogP contribution in [0.1, 0.15) is 11.1 Å². The van der Waals surface area contributed by atoms with E-state index in [1.54, 1.807) is 12.1 Å². The van der Waals surface area contributed by atoms with Crippen molar-refractivity contribution < 1.29 is 4.92 Å². The molecule has 0 N–H and O–H groups in total. The van der Waals surface area contributed by atoms with Crippen molar-refractivity contribution in [1.29, 1.82) is 0 Å². The van der Waals surface area contributed by atoms with Gasteiger partial charge in [-0.2, -0.15) is 16.4 Å². The van der Waals surface area contributed by atoms with Gasteiger partial charge < -0.3 is 0 Å². The first-order valence-electron chi connectivity index (χ1n) is 12.4. The number of nitrogens with zero attached hydrogens (tertiary/aromatic N) is 1. The van der Waals surface area contributed by atoms with E-state index in [-0.39, 0.29) is 5.69 Å². The molecule has 5 heteroatoms. The van der Waals surface area contributed by atoms with Crippen LogP contribution in [0.3, 0.4) is 0 Å². The maximum absolute atomic E-state index is 10.2. The van der Waals surface area contributed by atoms with Crippen LogP contribution in [-0.2, 0) is 24.7 Å². The minimum absolute atomic E-state index is 0.133. The Labute approximate surface area is 224 Å². The zero-order valence-electron chi connectivity index (χ0n) is 20.6. The minimum atomic E-state index is -1.09. The summed E-state index contributed by atoms with van der Waals surface area (Å²) < 4.78 is 0. The largest absolute Gasteiger partial charge is 0.269 e. The van der Waals surface area contributed by atoms with Crippen LogP contribution in [-0.4, -0.2) is 11.1 Å². The summed E-state index contributed by atoms with van der Waals surface area (Å²) in [6.45, 7) is 0. The highest BCUT2D eigenvalue weighted by atomic mass is 32.1. The second-order valence-electron chi connectivity index (χ2n) is 9.07.